The van der Waals surface area contributed by atoms with Crippen LogP contribution in [-0.2, 0) is 6.54 Å². The van der Waals surface area contributed by atoms with E-state index in [-0.39, 0.29) is 22.9 Å². The molecular weight excluding hydrogens is 322 g/mol. The van der Waals surface area contributed by atoms with Crippen LogP contribution >= 0.6 is 0 Å². The van der Waals surface area contributed by atoms with Gasteiger partial charge in [0.25, 0.3) is 5.91 Å². The zero-order chi connectivity index (χ0) is 18.4. The Morgan fingerprint density at radius 1 is 1.28 bits per heavy atom. The van der Waals surface area contributed by atoms with Gasteiger partial charge < -0.3 is 9.64 Å². The molecule has 0 spiro atoms. The predicted octanol–water partition coefficient (Wildman–Crippen LogP) is 3.14. The number of nitrogens with zero attached hydrogens (tertiary/aromatic N) is 3. The minimum atomic E-state index is -0.567. The zero-order valence-electron chi connectivity index (χ0n) is 13.9. The third-order valence-corrected chi connectivity index (χ3v) is 3.55. The van der Waals surface area contributed by atoms with E-state index in [1.165, 1.54) is 23.1 Å². The molecule has 0 fully saturated rings. The summed E-state index contributed by atoms with van der Waals surface area (Å²) in [6.45, 7) is 2.35. The van der Waals surface area contributed by atoms with E-state index in [0.29, 0.717) is 18.7 Å². The van der Waals surface area contributed by atoms with Crippen molar-refractivity contribution in [1.29, 1.82) is 5.26 Å². The van der Waals surface area contributed by atoms with Crippen molar-refractivity contribution in [3.63, 3.8) is 0 Å². The molecule has 2 aromatic rings. The third-order valence-electron chi connectivity index (χ3n) is 3.55. The smallest absolute Gasteiger partial charge is 0.311 e. The number of nitro groups is 1. The topological polar surface area (TPSA) is 96.5 Å². The molecule has 0 unspecified atom stereocenters. The molecule has 25 heavy (non-hydrogen) atoms. The molecule has 0 heterocycles. The average molecular weight is 339 g/mol. The summed E-state index contributed by atoms with van der Waals surface area (Å²) in [7, 11) is 1.61. The lowest BCUT2D eigenvalue weighted by molar-refractivity contribution is -0.385. The maximum absolute atomic E-state index is 12.5. The maximum atomic E-state index is 12.5. The number of benzene rings is 2. The minimum Gasteiger partial charge on any atom is -0.487 e. The van der Waals surface area contributed by atoms with Crippen LogP contribution in [0.2, 0.25) is 0 Å². The highest BCUT2D eigenvalue weighted by molar-refractivity contribution is 5.95. The summed E-state index contributed by atoms with van der Waals surface area (Å²) < 4.78 is 5.22. The molecule has 7 nitrogen and oxygen atoms in total. The average Bonchev–Trinajstić information content (AvgIpc) is 2.62. The van der Waals surface area contributed by atoms with Gasteiger partial charge in [-0.3, -0.25) is 14.9 Å². The zero-order valence-corrected chi connectivity index (χ0v) is 13.9. The fraction of sp³-hybridized carbons (Fsp3) is 0.222. The summed E-state index contributed by atoms with van der Waals surface area (Å²) in [5.74, 6) is -0.200. The van der Waals surface area contributed by atoms with Crippen molar-refractivity contribution in [2.75, 3.05) is 13.7 Å². The molecule has 0 aromatic heterocycles. The molecule has 1 amide bonds. The second-order valence-corrected chi connectivity index (χ2v) is 5.34. The Labute approximate surface area is 145 Å². The van der Waals surface area contributed by atoms with Crippen LogP contribution in [0.3, 0.4) is 0 Å². The van der Waals surface area contributed by atoms with E-state index >= 15 is 0 Å². The Balaban J connectivity index is 2.19. The molecule has 0 N–H and O–H groups in total. The third kappa shape index (κ3) is 4.32. The van der Waals surface area contributed by atoms with E-state index in [2.05, 4.69) is 0 Å². The van der Waals surface area contributed by atoms with Crippen molar-refractivity contribution in [2.24, 2.45) is 0 Å². The summed E-state index contributed by atoms with van der Waals surface area (Å²) in [6, 6.07) is 13.1. The van der Waals surface area contributed by atoms with Crippen LogP contribution in [-0.4, -0.2) is 29.4 Å². The number of ether oxygens (including phenoxy) is 1. The van der Waals surface area contributed by atoms with Gasteiger partial charge in [0, 0.05) is 25.2 Å². The standard InChI is InChI=1S/C18H17N3O4/c1-3-25-17-9-8-15(10-16(17)21(23)24)18(22)20(2)12-14-6-4-13(11-19)5-7-14/h4-10H,3,12H2,1-2H3. The van der Waals surface area contributed by atoms with Crippen LogP contribution in [0.4, 0.5) is 5.69 Å². The quantitative estimate of drug-likeness (QED) is 0.595. The van der Waals surface area contributed by atoms with Crippen LogP contribution < -0.4 is 4.74 Å². The van der Waals surface area contributed by atoms with Crippen molar-refractivity contribution >= 4 is 11.6 Å². The number of carbonyl (C=O) groups excluding carboxylic acids is 1. The highest BCUT2D eigenvalue weighted by atomic mass is 16.6. The van der Waals surface area contributed by atoms with Crippen molar-refractivity contribution in [3.05, 3.63) is 69.3 Å². The molecule has 0 bridgehead atoms. The summed E-state index contributed by atoms with van der Waals surface area (Å²) >= 11 is 0. The molecule has 0 aliphatic rings. The van der Waals surface area contributed by atoms with Gasteiger partial charge in [-0.2, -0.15) is 5.26 Å². The number of nitro benzene ring substituents is 1. The molecule has 2 rings (SSSR count). The summed E-state index contributed by atoms with van der Waals surface area (Å²) in [5.41, 5.74) is 1.38. The van der Waals surface area contributed by atoms with Crippen LogP contribution in [0.1, 0.15) is 28.4 Å². The van der Waals surface area contributed by atoms with Gasteiger partial charge in [-0.1, -0.05) is 12.1 Å². The SMILES string of the molecule is CCOc1ccc(C(=O)N(C)Cc2ccc(C#N)cc2)cc1[N+](=O)[O-]. The maximum Gasteiger partial charge on any atom is 0.311 e. The van der Waals surface area contributed by atoms with E-state index in [1.807, 2.05) is 6.07 Å². The molecule has 0 radical (unpaired) electrons. The first-order valence-corrected chi connectivity index (χ1v) is 7.62. The van der Waals surface area contributed by atoms with Crippen molar-refractivity contribution in [2.45, 2.75) is 13.5 Å². The second-order valence-electron chi connectivity index (χ2n) is 5.34. The first kappa shape index (κ1) is 17.9. The Morgan fingerprint density at radius 3 is 2.52 bits per heavy atom. The van der Waals surface area contributed by atoms with E-state index < -0.39 is 4.92 Å². The molecule has 0 atom stereocenters. The molecule has 0 saturated heterocycles. The number of rotatable bonds is 6. The Kier molecular flexibility index (Phi) is 5.69. The van der Waals surface area contributed by atoms with Crippen LogP contribution in [0.25, 0.3) is 0 Å². The summed E-state index contributed by atoms with van der Waals surface area (Å²) in [5, 5.41) is 20.0. The van der Waals surface area contributed by atoms with E-state index in [4.69, 9.17) is 10.00 Å². The largest absolute Gasteiger partial charge is 0.487 e. The monoisotopic (exact) mass is 339 g/mol. The van der Waals surface area contributed by atoms with Gasteiger partial charge in [0.05, 0.1) is 23.2 Å². The summed E-state index contributed by atoms with van der Waals surface area (Å²) in [6.07, 6.45) is 0. The molecule has 128 valence electrons. The van der Waals surface area contributed by atoms with Crippen molar-refractivity contribution < 1.29 is 14.5 Å². The van der Waals surface area contributed by atoms with Crippen LogP contribution in [0.15, 0.2) is 42.5 Å². The molecular formula is C18H17N3O4. The van der Waals surface area contributed by atoms with Gasteiger partial charge in [-0.25, -0.2) is 0 Å². The van der Waals surface area contributed by atoms with Gasteiger partial charge in [0.15, 0.2) is 5.75 Å². The van der Waals surface area contributed by atoms with Gasteiger partial charge in [0.1, 0.15) is 0 Å². The first-order chi connectivity index (χ1) is 12.0. The lowest BCUT2D eigenvalue weighted by Crippen LogP contribution is -2.26. The molecule has 0 aliphatic heterocycles. The van der Waals surface area contributed by atoms with E-state index in [1.54, 1.807) is 38.2 Å². The van der Waals surface area contributed by atoms with Gasteiger partial charge in [0.2, 0.25) is 0 Å². The number of carbonyl (C=O) groups is 1. The lowest BCUT2D eigenvalue weighted by Gasteiger charge is -2.17. The second kappa shape index (κ2) is 7.93. The van der Waals surface area contributed by atoms with Crippen LogP contribution in [0.5, 0.6) is 5.75 Å². The molecule has 2 aromatic carbocycles. The molecule has 7 heteroatoms. The van der Waals surface area contributed by atoms with Gasteiger partial charge in [-0.15, -0.1) is 0 Å². The number of amides is 1. The van der Waals surface area contributed by atoms with Crippen molar-refractivity contribution in [1.82, 2.24) is 4.90 Å². The highest BCUT2D eigenvalue weighted by Gasteiger charge is 2.20. The first-order valence-electron chi connectivity index (χ1n) is 7.62. The number of nitriles is 1. The van der Waals surface area contributed by atoms with Gasteiger partial charge in [-0.05, 0) is 36.8 Å². The van der Waals surface area contributed by atoms with Gasteiger partial charge >= 0.3 is 5.69 Å². The minimum absolute atomic E-state index is 0.138. The Bertz CT molecular complexity index is 825. The fourth-order valence-electron chi connectivity index (χ4n) is 2.32. The fourth-order valence-corrected chi connectivity index (χ4v) is 2.32. The normalized spacial score (nSPS) is 9.96. The highest BCUT2D eigenvalue weighted by Crippen LogP contribution is 2.28. The Hall–Kier alpha value is -3.40. The molecule has 0 aliphatic carbocycles. The van der Waals surface area contributed by atoms with E-state index in [0.717, 1.165) is 5.56 Å². The lowest BCUT2D eigenvalue weighted by atomic mass is 10.1. The predicted molar refractivity (Wildman–Crippen MR) is 91.2 cm³/mol. The van der Waals surface area contributed by atoms with E-state index in [9.17, 15) is 14.9 Å². The van der Waals surface area contributed by atoms with Crippen LogP contribution in [0, 0.1) is 21.4 Å². The molecule has 0 saturated carbocycles. The van der Waals surface area contributed by atoms with Crippen molar-refractivity contribution in [3.8, 4) is 11.8 Å². The summed E-state index contributed by atoms with van der Waals surface area (Å²) in [4.78, 5) is 24.6. The Morgan fingerprint density at radius 2 is 1.96 bits per heavy atom. The number of hydrogen-bond donors (Lipinski definition) is 0. The number of hydrogen-bond acceptors (Lipinski definition) is 5.